The van der Waals surface area contributed by atoms with Crippen molar-refractivity contribution in [2.24, 2.45) is 0 Å². The molecule has 0 radical (unpaired) electrons. The average Bonchev–Trinajstić information content (AvgIpc) is 2.50. The molecule has 0 saturated carbocycles. The maximum Gasteiger partial charge on any atom is 0.171 e. The minimum absolute atomic E-state index is 0.107. The highest BCUT2D eigenvalue weighted by molar-refractivity contribution is 7.91. The Labute approximate surface area is 92.8 Å². The van der Waals surface area contributed by atoms with Crippen molar-refractivity contribution in [3.63, 3.8) is 0 Å². The molecule has 1 atom stereocenters. The Hall–Kier alpha value is -0.880. The molecule has 15 heavy (non-hydrogen) atoms. The van der Waals surface area contributed by atoms with Gasteiger partial charge in [0.2, 0.25) is 0 Å². The first-order valence-electron chi connectivity index (χ1n) is 4.50. The molecule has 2 heterocycles. The molecular formula is C8H10ClN3O2S. The van der Waals surface area contributed by atoms with E-state index in [0.717, 1.165) is 0 Å². The molecule has 0 aromatic carbocycles. The topological polar surface area (TPSA) is 72.0 Å². The molecule has 1 fully saturated rings. The van der Waals surface area contributed by atoms with Crippen molar-refractivity contribution in [1.29, 1.82) is 0 Å². The van der Waals surface area contributed by atoms with E-state index in [1.165, 1.54) is 12.4 Å². The summed E-state index contributed by atoms with van der Waals surface area (Å²) >= 11 is 5.79. The highest BCUT2D eigenvalue weighted by Crippen LogP contribution is 2.20. The van der Waals surface area contributed by atoms with Gasteiger partial charge in [-0.05, 0) is 6.42 Å². The molecule has 1 aliphatic rings. The molecule has 1 aromatic rings. The first-order valence-corrected chi connectivity index (χ1v) is 6.70. The number of anilines is 1. The number of sulfone groups is 1. The SMILES string of the molecule is O=S1(=O)CCC(Nc2nccnc2Cl)C1. The van der Waals surface area contributed by atoms with Gasteiger partial charge >= 0.3 is 0 Å². The van der Waals surface area contributed by atoms with E-state index < -0.39 is 9.84 Å². The summed E-state index contributed by atoms with van der Waals surface area (Å²) in [5.41, 5.74) is 0. The summed E-state index contributed by atoms with van der Waals surface area (Å²) < 4.78 is 22.4. The van der Waals surface area contributed by atoms with Crippen LogP contribution in [0.5, 0.6) is 0 Å². The Bertz CT molecular complexity index is 463. The van der Waals surface area contributed by atoms with Crippen LogP contribution in [0.2, 0.25) is 5.15 Å². The van der Waals surface area contributed by atoms with Crippen LogP contribution in [0.4, 0.5) is 5.82 Å². The van der Waals surface area contributed by atoms with Crippen LogP contribution in [0.25, 0.3) is 0 Å². The van der Waals surface area contributed by atoms with E-state index in [-0.39, 0.29) is 22.7 Å². The van der Waals surface area contributed by atoms with Gasteiger partial charge in [-0.25, -0.2) is 18.4 Å². The quantitative estimate of drug-likeness (QED) is 0.834. The molecule has 1 N–H and O–H groups in total. The van der Waals surface area contributed by atoms with Crippen molar-refractivity contribution in [3.8, 4) is 0 Å². The predicted molar refractivity (Wildman–Crippen MR) is 57.7 cm³/mol. The standard InChI is InChI=1S/C8H10ClN3O2S/c9-7-8(11-3-2-10-7)12-6-1-4-15(13,14)5-6/h2-3,6H,1,4-5H2,(H,11,12). The fourth-order valence-electron chi connectivity index (χ4n) is 1.52. The lowest BCUT2D eigenvalue weighted by atomic mass is 10.3. The van der Waals surface area contributed by atoms with Gasteiger partial charge in [0.15, 0.2) is 20.8 Å². The Kier molecular flexibility index (Phi) is 2.79. The molecule has 82 valence electrons. The molecule has 0 bridgehead atoms. The largest absolute Gasteiger partial charge is 0.364 e. The van der Waals surface area contributed by atoms with Crippen LogP contribution in [0, 0.1) is 0 Å². The first-order chi connectivity index (χ1) is 7.07. The third-order valence-electron chi connectivity index (χ3n) is 2.23. The molecule has 5 nitrogen and oxygen atoms in total. The van der Waals surface area contributed by atoms with Crippen molar-refractivity contribution in [1.82, 2.24) is 9.97 Å². The number of rotatable bonds is 2. The van der Waals surface area contributed by atoms with E-state index in [1.807, 2.05) is 0 Å². The fourth-order valence-corrected chi connectivity index (χ4v) is 3.35. The molecule has 0 spiro atoms. The van der Waals surface area contributed by atoms with E-state index in [2.05, 4.69) is 15.3 Å². The summed E-state index contributed by atoms with van der Waals surface area (Å²) in [6.07, 6.45) is 3.59. The van der Waals surface area contributed by atoms with E-state index in [0.29, 0.717) is 12.2 Å². The van der Waals surface area contributed by atoms with E-state index in [1.54, 1.807) is 0 Å². The van der Waals surface area contributed by atoms with Crippen molar-refractivity contribution < 1.29 is 8.42 Å². The minimum Gasteiger partial charge on any atom is -0.364 e. The van der Waals surface area contributed by atoms with Gasteiger partial charge in [0, 0.05) is 18.4 Å². The van der Waals surface area contributed by atoms with Gasteiger partial charge in [0.1, 0.15) is 0 Å². The van der Waals surface area contributed by atoms with E-state index in [9.17, 15) is 8.42 Å². The third kappa shape index (κ3) is 2.57. The van der Waals surface area contributed by atoms with Gasteiger partial charge in [-0.15, -0.1) is 0 Å². The first kappa shape index (κ1) is 10.6. The molecule has 0 amide bonds. The Morgan fingerprint density at radius 2 is 2.13 bits per heavy atom. The number of halogens is 1. The van der Waals surface area contributed by atoms with Gasteiger partial charge in [-0.1, -0.05) is 11.6 Å². The number of aromatic nitrogens is 2. The number of nitrogens with zero attached hydrogens (tertiary/aromatic N) is 2. The lowest BCUT2D eigenvalue weighted by molar-refractivity contribution is 0.602. The fraction of sp³-hybridized carbons (Fsp3) is 0.500. The molecular weight excluding hydrogens is 238 g/mol. The van der Waals surface area contributed by atoms with Crippen molar-refractivity contribution in [2.45, 2.75) is 12.5 Å². The normalized spacial score (nSPS) is 23.9. The van der Waals surface area contributed by atoms with Gasteiger partial charge < -0.3 is 5.32 Å². The molecule has 1 unspecified atom stereocenters. The van der Waals surface area contributed by atoms with Crippen molar-refractivity contribution >= 4 is 27.3 Å². The third-order valence-corrected chi connectivity index (χ3v) is 4.27. The minimum atomic E-state index is -2.88. The summed E-state index contributed by atoms with van der Waals surface area (Å²) in [5.74, 6) is 0.809. The van der Waals surface area contributed by atoms with Crippen LogP contribution in [-0.2, 0) is 9.84 Å². The summed E-state index contributed by atoms with van der Waals surface area (Å²) in [6, 6.07) is -0.107. The molecule has 1 aliphatic heterocycles. The van der Waals surface area contributed by atoms with Gasteiger partial charge in [0.05, 0.1) is 11.5 Å². The smallest absolute Gasteiger partial charge is 0.171 e. The molecule has 2 rings (SSSR count). The second-order valence-corrected chi connectivity index (χ2v) is 6.03. The van der Waals surface area contributed by atoms with Crippen LogP contribution >= 0.6 is 11.6 Å². The molecule has 7 heteroatoms. The average molecular weight is 248 g/mol. The zero-order chi connectivity index (χ0) is 10.9. The lowest BCUT2D eigenvalue weighted by Crippen LogP contribution is -2.21. The monoisotopic (exact) mass is 247 g/mol. The maximum absolute atomic E-state index is 11.2. The van der Waals surface area contributed by atoms with Crippen LogP contribution in [0.15, 0.2) is 12.4 Å². The second kappa shape index (κ2) is 3.94. The van der Waals surface area contributed by atoms with Crippen LogP contribution in [0.3, 0.4) is 0 Å². The van der Waals surface area contributed by atoms with E-state index >= 15 is 0 Å². The molecule has 1 aromatic heterocycles. The summed E-state index contributed by atoms with van der Waals surface area (Å²) in [5, 5.41) is 3.25. The second-order valence-electron chi connectivity index (χ2n) is 3.44. The summed E-state index contributed by atoms with van der Waals surface area (Å²) in [6.45, 7) is 0. The highest BCUT2D eigenvalue weighted by Gasteiger charge is 2.28. The zero-order valence-electron chi connectivity index (χ0n) is 7.85. The summed E-state index contributed by atoms with van der Waals surface area (Å²) in [7, 11) is -2.88. The van der Waals surface area contributed by atoms with Crippen molar-refractivity contribution in [3.05, 3.63) is 17.5 Å². The lowest BCUT2D eigenvalue weighted by Gasteiger charge is -2.11. The molecule has 0 aliphatic carbocycles. The highest BCUT2D eigenvalue weighted by atomic mass is 35.5. The van der Waals surface area contributed by atoms with Gasteiger partial charge in [-0.3, -0.25) is 0 Å². The van der Waals surface area contributed by atoms with Crippen LogP contribution in [0.1, 0.15) is 6.42 Å². The number of nitrogens with one attached hydrogen (secondary N) is 1. The Morgan fingerprint density at radius 3 is 2.73 bits per heavy atom. The van der Waals surface area contributed by atoms with Crippen LogP contribution < -0.4 is 5.32 Å². The van der Waals surface area contributed by atoms with Gasteiger partial charge in [-0.2, -0.15) is 0 Å². The predicted octanol–water partition coefficient (Wildman–Crippen LogP) is 0.729. The van der Waals surface area contributed by atoms with Gasteiger partial charge in [0.25, 0.3) is 0 Å². The van der Waals surface area contributed by atoms with Crippen molar-refractivity contribution in [2.75, 3.05) is 16.8 Å². The number of hydrogen-bond donors (Lipinski definition) is 1. The van der Waals surface area contributed by atoms with Crippen LogP contribution in [-0.4, -0.2) is 35.9 Å². The Balaban J connectivity index is 2.08. The molecule has 1 saturated heterocycles. The summed E-state index contributed by atoms with van der Waals surface area (Å²) in [4.78, 5) is 7.84. The van der Waals surface area contributed by atoms with E-state index in [4.69, 9.17) is 11.6 Å². The number of hydrogen-bond acceptors (Lipinski definition) is 5. The zero-order valence-corrected chi connectivity index (χ0v) is 9.42. The maximum atomic E-state index is 11.2. The Morgan fingerprint density at radius 1 is 1.40 bits per heavy atom.